The largest absolute Gasteiger partial charge is 1.00 e. The maximum Gasteiger partial charge on any atom is 1.00 e. The van der Waals surface area contributed by atoms with Gasteiger partial charge in [0.2, 0.25) is 4.77 Å². The third kappa shape index (κ3) is 4.19. The van der Waals surface area contributed by atoms with Crippen molar-refractivity contribution >= 4 is 23.6 Å². The smallest absolute Gasteiger partial charge is 0.740 e. The van der Waals surface area contributed by atoms with Crippen molar-refractivity contribution in [1.82, 2.24) is 19.8 Å². The first-order chi connectivity index (χ1) is 9.11. The maximum absolute atomic E-state index is 10.5. The van der Waals surface area contributed by atoms with Crippen molar-refractivity contribution in [2.75, 3.05) is 7.11 Å². The topological polar surface area (TPSA) is 94.2 Å². The summed E-state index contributed by atoms with van der Waals surface area (Å²) in [6.45, 7) is 0.180. The van der Waals surface area contributed by atoms with Crippen LogP contribution in [0.3, 0.4) is 0 Å². The van der Waals surface area contributed by atoms with Gasteiger partial charge in [0.25, 0.3) is 0 Å². The molecule has 11 heteroatoms. The van der Waals surface area contributed by atoms with Crippen LogP contribution in [0.5, 0.6) is 5.75 Å². The monoisotopic (exact) mass is 324 g/mol. The van der Waals surface area contributed by atoms with E-state index in [9.17, 15) is 8.76 Å². The average Bonchev–Trinajstić information content (AvgIpc) is 2.71. The SMILES string of the molecule is COCn1nnn(-c2cccc(OS(=O)[O-])c2)c1=S.[Na+]. The molecule has 0 bridgehead atoms. The summed E-state index contributed by atoms with van der Waals surface area (Å²) in [6.07, 6.45) is 0. The Hall–Kier alpha value is -0.620. The molecule has 2 rings (SSSR count). The van der Waals surface area contributed by atoms with Crippen molar-refractivity contribution in [3.05, 3.63) is 29.0 Å². The molecule has 1 heterocycles. The number of hydrogen-bond acceptors (Lipinski definition) is 7. The van der Waals surface area contributed by atoms with Gasteiger partial charge < -0.3 is 13.5 Å². The zero-order valence-electron chi connectivity index (χ0n) is 10.8. The van der Waals surface area contributed by atoms with E-state index in [0.29, 0.717) is 10.5 Å². The Labute approximate surface area is 144 Å². The second kappa shape index (κ2) is 7.98. The molecule has 1 atom stereocenters. The molecule has 1 aromatic heterocycles. The van der Waals surface area contributed by atoms with Crippen molar-refractivity contribution in [2.45, 2.75) is 6.73 Å². The van der Waals surface area contributed by atoms with E-state index >= 15 is 0 Å². The van der Waals surface area contributed by atoms with Crippen LogP contribution in [0, 0.1) is 4.77 Å². The number of benzene rings is 1. The van der Waals surface area contributed by atoms with E-state index in [1.165, 1.54) is 28.6 Å². The van der Waals surface area contributed by atoms with Gasteiger partial charge in [-0.25, -0.2) is 4.21 Å². The van der Waals surface area contributed by atoms with Crippen LogP contribution in [0.15, 0.2) is 24.3 Å². The first-order valence-corrected chi connectivity index (χ1v) is 6.42. The van der Waals surface area contributed by atoms with Gasteiger partial charge in [-0.1, -0.05) is 6.07 Å². The number of ether oxygens (including phenoxy) is 1. The quantitative estimate of drug-likeness (QED) is 0.343. The van der Waals surface area contributed by atoms with E-state index < -0.39 is 11.4 Å². The minimum atomic E-state index is -2.63. The van der Waals surface area contributed by atoms with Crippen LogP contribution >= 0.6 is 12.2 Å². The van der Waals surface area contributed by atoms with Crippen molar-refractivity contribution in [1.29, 1.82) is 0 Å². The fourth-order valence-corrected chi connectivity index (χ4v) is 1.88. The van der Waals surface area contributed by atoms with E-state index in [0.717, 1.165) is 0 Å². The maximum atomic E-state index is 10.5. The van der Waals surface area contributed by atoms with Gasteiger partial charge in [-0.15, -0.1) is 0 Å². The Kier molecular flexibility index (Phi) is 6.95. The van der Waals surface area contributed by atoms with Crippen LogP contribution in [0.2, 0.25) is 0 Å². The van der Waals surface area contributed by atoms with Crippen molar-refractivity contribution in [3.63, 3.8) is 0 Å². The number of hydrogen-bond donors (Lipinski definition) is 0. The average molecular weight is 324 g/mol. The molecule has 0 fully saturated rings. The van der Waals surface area contributed by atoms with Gasteiger partial charge in [-0.05, 0) is 34.8 Å². The number of methoxy groups -OCH3 is 1. The molecule has 20 heavy (non-hydrogen) atoms. The molecule has 102 valence electrons. The second-order valence-electron chi connectivity index (χ2n) is 3.38. The summed E-state index contributed by atoms with van der Waals surface area (Å²) in [6, 6.07) is 6.30. The first-order valence-electron chi connectivity index (χ1n) is 5.01. The summed E-state index contributed by atoms with van der Waals surface area (Å²) >= 11 is 2.53. The fraction of sp³-hybridized carbons (Fsp3) is 0.222. The minimum Gasteiger partial charge on any atom is -0.740 e. The molecule has 0 aliphatic carbocycles. The first kappa shape index (κ1) is 17.4. The molecule has 1 unspecified atom stereocenters. The Balaban J connectivity index is 0.00000200. The van der Waals surface area contributed by atoms with E-state index in [-0.39, 0.29) is 42.0 Å². The summed E-state index contributed by atoms with van der Waals surface area (Å²) in [5.74, 6) is 0.161. The Morgan fingerprint density at radius 3 is 2.85 bits per heavy atom. The van der Waals surface area contributed by atoms with Crippen LogP contribution in [0.4, 0.5) is 0 Å². The van der Waals surface area contributed by atoms with Crippen molar-refractivity contribution in [3.8, 4) is 11.4 Å². The molecule has 0 N–H and O–H groups in total. The van der Waals surface area contributed by atoms with Gasteiger partial charge in [0.15, 0.2) is 0 Å². The number of nitrogens with zero attached hydrogens (tertiary/aromatic N) is 4. The standard InChI is InChI=1S/C9H10N4O4S2.Na/c1-16-6-12-9(18)13(11-10-12)7-3-2-4-8(5-7)17-19(14)15;/h2-5H,6H2,1H3,(H,14,15);/q;+1/p-1. The summed E-state index contributed by atoms with van der Waals surface area (Å²) in [4.78, 5) is 0. The third-order valence-corrected chi connectivity index (χ3v) is 2.83. The Bertz CT molecular complexity index is 659. The summed E-state index contributed by atoms with van der Waals surface area (Å²) in [5, 5.41) is 7.67. The van der Waals surface area contributed by atoms with Crippen molar-refractivity contribution < 1.29 is 47.2 Å². The van der Waals surface area contributed by atoms with E-state index in [2.05, 4.69) is 14.6 Å². The Morgan fingerprint density at radius 2 is 2.20 bits per heavy atom. The molecule has 0 saturated heterocycles. The van der Waals surface area contributed by atoms with Crippen LogP contribution in [-0.4, -0.2) is 35.7 Å². The van der Waals surface area contributed by atoms with Crippen LogP contribution in [0.25, 0.3) is 5.69 Å². The fourth-order valence-electron chi connectivity index (χ4n) is 1.39. The number of aromatic nitrogens is 4. The molecule has 0 saturated carbocycles. The minimum absolute atomic E-state index is 0. The molecule has 0 aliphatic heterocycles. The molecular weight excluding hydrogens is 315 g/mol. The number of rotatable bonds is 5. The zero-order valence-corrected chi connectivity index (χ0v) is 14.4. The van der Waals surface area contributed by atoms with Gasteiger partial charge in [0.1, 0.15) is 23.8 Å². The van der Waals surface area contributed by atoms with Gasteiger partial charge in [-0.2, -0.15) is 9.36 Å². The molecule has 1 aromatic carbocycles. The molecule has 2 aromatic rings. The van der Waals surface area contributed by atoms with E-state index in [1.807, 2.05) is 0 Å². The van der Waals surface area contributed by atoms with Crippen LogP contribution in [-0.2, 0) is 22.8 Å². The van der Waals surface area contributed by atoms with Crippen LogP contribution < -0.4 is 33.7 Å². The molecule has 0 spiro atoms. The molecule has 0 aliphatic rings. The zero-order chi connectivity index (χ0) is 13.8. The van der Waals surface area contributed by atoms with Gasteiger partial charge in [-0.3, -0.25) is 0 Å². The number of tetrazole rings is 1. The predicted molar refractivity (Wildman–Crippen MR) is 66.7 cm³/mol. The molecule has 8 nitrogen and oxygen atoms in total. The van der Waals surface area contributed by atoms with Gasteiger partial charge in [0, 0.05) is 13.2 Å². The van der Waals surface area contributed by atoms with Gasteiger partial charge >= 0.3 is 29.6 Å². The third-order valence-electron chi connectivity index (χ3n) is 2.12. The normalized spacial score (nSPS) is 11.7. The van der Waals surface area contributed by atoms with Crippen LogP contribution in [0.1, 0.15) is 0 Å². The summed E-state index contributed by atoms with van der Waals surface area (Å²) in [5.41, 5.74) is 0.537. The molecule has 0 amide bonds. The summed E-state index contributed by atoms with van der Waals surface area (Å²) in [7, 11) is 1.51. The second-order valence-corrected chi connectivity index (χ2v) is 4.32. The molecule has 0 radical (unpaired) electrons. The predicted octanol–water partition coefficient (Wildman–Crippen LogP) is -2.42. The van der Waals surface area contributed by atoms with Gasteiger partial charge in [0.05, 0.1) is 5.69 Å². The van der Waals surface area contributed by atoms with E-state index in [4.69, 9.17) is 17.0 Å². The van der Waals surface area contributed by atoms with Crippen molar-refractivity contribution in [2.24, 2.45) is 0 Å². The summed E-state index contributed by atoms with van der Waals surface area (Å²) < 4.78 is 33.5. The Morgan fingerprint density at radius 1 is 1.45 bits per heavy atom. The van der Waals surface area contributed by atoms with E-state index in [1.54, 1.807) is 12.1 Å². The molecular formula is C9H9N4NaO4S2.